The Morgan fingerprint density at radius 1 is 1.27 bits per heavy atom. The standard InChI is InChI=1S/C15H13NO6/c1-21-15(18)11-7-13(17)14(8-12(11)16(19)20)22-9-10-5-3-2-4-6-10/h2-8,17H,9H2,1H3. The molecule has 0 saturated heterocycles. The van der Waals surface area contributed by atoms with Gasteiger partial charge in [0.25, 0.3) is 5.69 Å². The lowest BCUT2D eigenvalue weighted by Crippen LogP contribution is -2.06. The van der Waals surface area contributed by atoms with Crippen LogP contribution in [-0.4, -0.2) is 23.1 Å². The number of phenols is 1. The van der Waals surface area contributed by atoms with Crippen LogP contribution in [0.25, 0.3) is 0 Å². The lowest BCUT2D eigenvalue weighted by Gasteiger charge is -2.09. The zero-order valence-electron chi connectivity index (χ0n) is 11.7. The second-order valence-electron chi connectivity index (χ2n) is 4.36. The number of carbonyl (C=O) groups excluding carboxylic acids is 1. The van der Waals surface area contributed by atoms with Gasteiger partial charge in [0.15, 0.2) is 11.5 Å². The summed E-state index contributed by atoms with van der Waals surface area (Å²) in [4.78, 5) is 21.8. The van der Waals surface area contributed by atoms with Crippen molar-refractivity contribution in [3.8, 4) is 11.5 Å². The molecule has 2 rings (SSSR count). The molecule has 0 spiro atoms. The van der Waals surface area contributed by atoms with Crippen molar-refractivity contribution in [3.63, 3.8) is 0 Å². The average Bonchev–Trinajstić information content (AvgIpc) is 2.53. The number of aromatic hydroxyl groups is 1. The van der Waals surface area contributed by atoms with Gasteiger partial charge in [0.1, 0.15) is 12.2 Å². The van der Waals surface area contributed by atoms with Crippen LogP contribution < -0.4 is 4.74 Å². The van der Waals surface area contributed by atoms with Crippen LogP contribution in [0.2, 0.25) is 0 Å². The second-order valence-corrected chi connectivity index (χ2v) is 4.36. The van der Waals surface area contributed by atoms with E-state index in [0.29, 0.717) is 0 Å². The first kappa shape index (κ1) is 15.3. The number of nitro benzene ring substituents is 1. The first-order valence-corrected chi connectivity index (χ1v) is 6.29. The molecule has 0 bridgehead atoms. The Kier molecular flexibility index (Phi) is 4.57. The Labute approximate surface area is 125 Å². The molecule has 0 radical (unpaired) electrons. The van der Waals surface area contributed by atoms with Crippen molar-refractivity contribution < 1.29 is 24.3 Å². The molecule has 0 amide bonds. The molecule has 114 valence electrons. The molecule has 0 aromatic heterocycles. The van der Waals surface area contributed by atoms with Crippen LogP contribution >= 0.6 is 0 Å². The van der Waals surface area contributed by atoms with Gasteiger partial charge >= 0.3 is 5.97 Å². The maximum Gasteiger partial charge on any atom is 0.345 e. The van der Waals surface area contributed by atoms with Gasteiger partial charge in [-0.25, -0.2) is 4.79 Å². The molecule has 0 heterocycles. The van der Waals surface area contributed by atoms with Crippen molar-refractivity contribution in [1.29, 1.82) is 0 Å². The molecular weight excluding hydrogens is 290 g/mol. The van der Waals surface area contributed by atoms with Gasteiger partial charge in [-0.15, -0.1) is 0 Å². The molecule has 2 aromatic rings. The number of esters is 1. The summed E-state index contributed by atoms with van der Waals surface area (Å²) in [6.45, 7) is 0.128. The average molecular weight is 303 g/mol. The van der Waals surface area contributed by atoms with E-state index in [-0.39, 0.29) is 23.7 Å². The summed E-state index contributed by atoms with van der Waals surface area (Å²) >= 11 is 0. The van der Waals surface area contributed by atoms with Crippen molar-refractivity contribution in [1.82, 2.24) is 0 Å². The summed E-state index contributed by atoms with van der Waals surface area (Å²) in [5.41, 5.74) is 0.00590. The molecular formula is C15H13NO6. The summed E-state index contributed by atoms with van der Waals surface area (Å²) in [5.74, 6) is -1.36. The Hall–Kier alpha value is -3.09. The molecule has 0 fully saturated rings. The molecule has 2 aromatic carbocycles. The van der Waals surface area contributed by atoms with Crippen LogP contribution in [0.5, 0.6) is 11.5 Å². The minimum absolute atomic E-state index is 0.0804. The van der Waals surface area contributed by atoms with E-state index in [1.54, 1.807) is 0 Å². The van der Waals surface area contributed by atoms with Crippen molar-refractivity contribution in [2.45, 2.75) is 6.61 Å². The van der Waals surface area contributed by atoms with E-state index in [1.165, 1.54) is 0 Å². The number of rotatable bonds is 5. The number of hydrogen-bond donors (Lipinski definition) is 1. The van der Waals surface area contributed by atoms with Gasteiger partial charge in [-0.3, -0.25) is 10.1 Å². The fourth-order valence-corrected chi connectivity index (χ4v) is 1.83. The number of methoxy groups -OCH3 is 1. The summed E-state index contributed by atoms with van der Waals surface area (Å²) < 4.78 is 9.83. The second kappa shape index (κ2) is 6.57. The van der Waals surface area contributed by atoms with Crippen LogP contribution in [-0.2, 0) is 11.3 Å². The van der Waals surface area contributed by atoms with Crippen LogP contribution in [0, 0.1) is 10.1 Å². The highest BCUT2D eigenvalue weighted by molar-refractivity contribution is 5.94. The van der Waals surface area contributed by atoms with Crippen molar-refractivity contribution in [2.24, 2.45) is 0 Å². The summed E-state index contributed by atoms with van der Waals surface area (Å²) in [6, 6.07) is 11.1. The van der Waals surface area contributed by atoms with Crippen LogP contribution in [0.15, 0.2) is 42.5 Å². The predicted octanol–water partition coefficient (Wildman–Crippen LogP) is 2.67. The summed E-state index contributed by atoms with van der Waals surface area (Å²) in [6.07, 6.45) is 0. The third kappa shape index (κ3) is 3.32. The van der Waals surface area contributed by atoms with Crippen molar-refractivity contribution >= 4 is 11.7 Å². The maximum atomic E-state index is 11.5. The highest BCUT2D eigenvalue weighted by Gasteiger charge is 2.24. The Morgan fingerprint density at radius 2 is 1.95 bits per heavy atom. The molecule has 0 unspecified atom stereocenters. The van der Waals surface area contributed by atoms with E-state index >= 15 is 0 Å². The van der Waals surface area contributed by atoms with Gasteiger partial charge in [-0.05, 0) is 5.56 Å². The first-order valence-electron chi connectivity index (χ1n) is 6.29. The van der Waals surface area contributed by atoms with Crippen LogP contribution in [0.4, 0.5) is 5.69 Å². The number of hydrogen-bond acceptors (Lipinski definition) is 6. The van der Waals surface area contributed by atoms with E-state index in [1.807, 2.05) is 30.3 Å². The molecule has 22 heavy (non-hydrogen) atoms. The quantitative estimate of drug-likeness (QED) is 0.518. The molecule has 7 nitrogen and oxygen atoms in total. The van der Waals surface area contributed by atoms with Gasteiger partial charge < -0.3 is 14.6 Å². The third-order valence-corrected chi connectivity index (χ3v) is 2.92. The fraction of sp³-hybridized carbons (Fsp3) is 0.133. The smallest absolute Gasteiger partial charge is 0.345 e. The topological polar surface area (TPSA) is 98.9 Å². The van der Waals surface area contributed by atoms with E-state index in [2.05, 4.69) is 4.74 Å². The zero-order chi connectivity index (χ0) is 16.1. The number of phenolic OH excluding ortho intramolecular Hbond substituents is 1. The molecule has 1 N–H and O–H groups in total. The highest BCUT2D eigenvalue weighted by Crippen LogP contribution is 2.34. The monoisotopic (exact) mass is 303 g/mol. The summed E-state index contributed by atoms with van der Waals surface area (Å²) in [5, 5.41) is 20.9. The molecule has 0 aliphatic rings. The molecule has 0 atom stereocenters. The van der Waals surface area contributed by atoms with Gasteiger partial charge in [-0.2, -0.15) is 0 Å². The van der Waals surface area contributed by atoms with Gasteiger partial charge in [0, 0.05) is 6.07 Å². The number of nitro groups is 1. The van der Waals surface area contributed by atoms with Crippen molar-refractivity contribution in [2.75, 3.05) is 7.11 Å². The minimum Gasteiger partial charge on any atom is -0.504 e. The van der Waals surface area contributed by atoms with Gasteiger partial charge in [0.05, 0.1) is 18.1 Å². The van der Waals surface area contributed by atoms with Crippen LogP contribution in [0.1, 0.15) is 15.9 Å². The van der Waals surface area contributed by atoms with Crippen molar-refractivity contribution in [3.05, 3.63) is 63.7 Å². The van der Waals surface area contributed by atoms with E-state index in [0.717, 1.165) is 24.8 Å². The molecule has 0 aliphatic carbocycles. The SMILES string of the molecule is COC(=O)c1cc(O)c(OCc2ccccc2)cc1[N+](=O)[O-]. The number of carbonyl (C=O) groups is 1. The largest absolute Gasteiger partial charge is 0.504 e. The van der Waals surface area contributed by atoms with E-state index in [4.69, 9.17) is 4.74 Å². The fourth-order valence-electron chi connectivity index (χ4n) is 1.83. The van der Waals surface area contributed by atoms with Gasteiger partial charge in [0.2, 0.25) is 0 Å². The molecule has 7 heteroatoms. The van der Waals surface area contributed by atoms with Gasteiger partial charge in [-0.1, -0.05) is 30.3 Å². The Morgan fingerprint density at radius 3 is 2.55 bits per heavy atom. The maximum absolute atomic E-state index is 11.5. The summed E-state index contributed by atoms with van der Waals surface area (Å²) in [7, 11) is 1.10. The lowest BCUT2D eigenvalue weighted by atomic mass is 10.1. The molecule has 0 aliphatic heterocycles. The number of benzene rings is 2. The Bertz CT molecular complexity index is 699. The van der Waals surface area contributed by atoms with E-state index in [9.17, 15) is 20.0 Å². The number of ether oxygens (including phenoxy) is 2. The normalized spacial score (nSPS) is 10.0. The minimum atomic E-state index is -0.906. The van der Waals surface area contributed by atoms with Crippen LogP contribution in [0.3, 0.4) is 0 Å². The highest BCUT2D eigenvalue weighted by atomic mass is 16.6. The molecule has 0 saturated carbocycles. The predicted molar refractivity (Wildman–Crippen MR) is 76.9 cm³/mol. The number of nitrogens with zero attached hydrogens (tertiary/aromatic N) is 1. The zero-order valence-corrected chi connectivity index (χ0v) is 11.7. The third-order valence-electron chi connectivity index (χ3n) is 2.92. The lowest BCUT2D eigenvalue weighted by molar-refractivity contribution is -0.385. The Balaban J connectivity index is 2.30. The first-order chi connectivity index (χ1) is 10.5. The van der Waals surface area contributed by atoms with E-state index < -0.39 is 16.6 Å².